The Morgan fingerprint density at radius 2 is 2.19 bits per heavy atom. The lowest BCUT2D eigenvalue weighted by atomic mass is 10.2. The molecule has 1 N–H and O–H groups in total. The van der Waals surface area contributed by atoms with Crippen molar-refractivity contribution in [2.45, 2.75) is 13.0 Å². The van der Waals surface area contributed by atoms with Crippen LogP contribution in [-0.4, -0.2) is 15.0 Å². The molecule has 0 saturated carbocycles. The van der Waals surface area contributed by atoms with Crippen LogP contribution in [0.25, 0.3) is 0 Å². The second kappa shape index (κ2) is 5.98. The summed E-state index contributed by atoms with van der Waals surface area (Å²) in [5, 5.41) is 29.3. The minimum Gasteiger partial charge on any atom is -0.432 e. The zero-order valence-corrected chi connectivity index (χ0v) is 11.1. The first-order chi connectivity index (χ1) is 10.0. The molecule has 2 aromatic rings. The van der Waals surface area contributed by atoms with E-state index < -0.39 is 11.0 Å². The van der Waals surface area contributed by atoms with Gasteiger partial charge in [0.2, 0.25) is 11.6 Å². The number of nitro groups is 1. The van der Waals surface area contributed by atoms with Gasteiger partial charge in [0, 0.05) is 18.3 Å². The fraction of sp³-hybridized carbons (Fsp3) is 0.143. The van der Waals surface area contributed by atoms with Crippen molar-refractivity contribution in [3.05, 3.63) is 57.8 Å². The average molecular weight is 285 g/mol. The Bertz CT molecular complexity index is 722. The summed E-state index contributed by atoms with van der Waals surface area (Å²) in [6, 6.07) is 8.83. The Hall–Kier alpha value is -2.98. The monoisotopic (exact) mass is 285 g/mol. The molecule has 0 bridgehead atoms. The van der Waals surface area contributed by atoms with Crippen LogP contribution in [0.3, 0.4) is 0 Å². The third kappa shape index (κ3) is 3.32. The lowest BCUT2D eigenvalue weighted by molar-refractivity contribution is -0.385. The van der Waals surface area contributed by atoms with Gasteiger partial charge in [-0.3, -0.25) is 10.1 Å². The highest BCUT2D eigenvalue weighted by Gasteiger charge is 2.17. The van der Waals surface area contributed by atoms with Gasteiger partial charge in [0.05, 0.1) is 22.7 Å². The van der Waals surface area contributed by atoms with E-state index in [1.807, 2.05) is 6.07 Å². The quantitative estimate of drug-likeness (QED) is 0.683. The van der Waals surface area contributed by atoms with Crippen LogP contribution in [0.5, 0.6) is 11.6 Å². The Labute approximate surface area is 120 Å². The van der Waals surface area contributed by atoms with Crippen LogP contribution < -0.4 is 4.74 Å². The van der Waals surface area contributed by atoms with Crippen molar-refractivity contribution in [2.24, 2.45) is 0 Å². The standard InChI is InChI=1S/C14H11N3O4/c1-9(18)11-4-5-16-14(7-11)21-13-3-2-10(8-15)6-12(13)17(19)20/h2-7,9,18H,1H3/t9-/m1/s1. The number of nitro benzene ring substituents is 1. The highest BCUT2D eigenvalue weighted by molar-refractivity contribution is 5.52. The summed E-state index contributed by atoms with van der Waals surface area (Å²) in [4.78, 5) is 14.3. The largest absolute Gasteiger partial charge is 0.432 e. The van der Waals surface area contributed by atoms with E-state index in [4.69, 9.17) is 10.00 Å². The maximum Gasteiger partial charge on any atom is 0.312 e. The first kappa shape index (κ1) is 14.4. The summed E-state index contributed by atoms with van der Waals surface area (Å²) >= 11 is 0. The number of aromatic nitrogens is 1. The fourth-order valence-electron chi connectivity index (χ4n) is 1.67. The van der Waals surface area contributed by atoms with Gasteiger partial charge >= 0.3 is 5.69 Å². The molecule has 0 radical (unpaired) electrons. The molecule has 0 fully saturated rings. The van der Waals surface area contributed by atoms with Gasteiger partial charge in [-0.25, -0.2) is 4.98 Å². The van der Waals surface area contributed by atoms with Crippen molar-refractivity contribution in [1.82, 2.24) is 4.98 Å². The fourth-order valence-corrected chi connectivity index (χ4v) is 1.67. The molecule has 0 aliphatic rings. The summed E-state index contributed by atoms with van der Waals surface area (Å²) in [6.45, 7) is 1.59. The molecule has 106 valence electrons. The molecule has 7 heteroatoms. The molecule has 0 unspecified atom stereocenters. The average Bonchev–Trinajstić information content (AvgIpc) is 2.47. The van der Waals surface area contributed by atoms with Gasteiger partial charge in [0.1, 0.15) is 0 Å². The van der Waals surface area contributed by atoms with Gasteiger partial charge in [-0.05, 0) is 30.7 Å². The van der Waals surface area contributed by atoms with E-state index >= 15 is 0 Å². The molecule has 0 aliphatic carbocycles. The van der Waals surface area contributed by atoms with Crippen LogP contribution in [0.15, 0.2) is 36.5 Å². The van der Waals surface area contributed by atoms with Crippen molar-refractivity contribution in [3.8, 4) is 17.7 Å². The Morgan fingerprint density at radius 3 is 2.81 bits per heavy atom. The third-order valence-electron chi connectivity index (χ3n) is 2.74. The van der Waals surface area contributed by atoms with E-state index in [0.29, 0.717) is 5.56 Å². The number of hydrogen-bond acceptors (Lipinski definition) is 6. The molecular weight excluding hydrogens is 274 g/mol. The molecule has 0 saturated heterocycles. The van der Waals surface area contributed by atoms with Crippen molar-refractivity contribution >= 4 is 5.69 Å². The lowest BCUT2D eigenvalue weighted by Gasteiger charge is -2.08. The molecule has 7 nitrogen and oxygen atoms in total. The molecule has 0 amide bonds. The van der Waals surface area contributed by atoms with E-state index in [2.05, 4.69) is 4.98 Å². The number of ether oxygens (including phenoxy) is 1. The Morgan fingerprint density at radius 1 is 1.43 bits per heavy atom. The second-order valence-corrected chi connectivity index (χ2v) is 4.26. The van der Waals surface area contributed by atoms with Crippen LogP contribution in [0.1, 0.15) is 24.2 Å². The molecule has 1 aromatic heterocycles. The van der Waals surface area contributed by atoms with Crippen LogP contribution in [0.4, 0.5) is 5.69 Å². The summed E-state index contributed by atoms with van der Waals surface area (Å²) in [6.07, 6.45) is 0.735. The number of hydrogen-bond donors (Lipinski definition) is 1. The molecule has 0 aliphatic heterocycles. The number of pyridine rings is 1. The number of rotatable bonds is 4. The van der Waals surface area contributed by atoms with Crippen LogP contribution in [0.2, 0.25) is 0 Å². The van der Waals surface area contributed by atoms with Crippen molar-refractivity contribution in [1.29, 1.82) is 5.26 Å². The van der Waals surface area contributed by atoms with Crippen molar-refractivity contribution in [2.75, 3.05) is 0 Å². The molecule has 1 aromatic carbocycles. The molecule has 1 heterocycles. The smallest absolute Gasteiger partial charge is 0.312 e. The van der Waals surface area contributed by atoms with Crippen LogP contribution in [-0.2, 0) is 0 Å². The SMILES string of the molecule is C[C@@H](O)c1ccnc(Oc2ccc(C#N)cc2[N+](=O)[O-])c1. The maximum atomic E-state index is 11.0. The summed E-state index contributed by atoms with van der Waals surface area (Å²) in [7, 11) is 0. The van der Waals surface area contributed by atoms with Gasteiger partial charge in [0.25, 0.3) is 0 Å². The number of benzene rings is 1. The molecule has 1 atom stereocenters. The highest BCUT2D eigenvalue weighted by Crippen LogP contribution is 2.31. The predicted octanol–water partition coefficient (Wildman–Crippen LogP) is 2.71. The van der Waals surface area contributed by atoms with E-state index in [-0.39, 0.29) is 22.9 Å². The summed E-state index contributed by atoms with van der Waals surface area (Å²) in [5.74, 6) is 0.107. The van der Waals surface area contributed by atoms with E-state index in [9.17, 15) is 15.2 Å². The van der Waals surface area contributed by atoms with Crippen molar-refractivity contribution in [3.63, 3.8) is 0 Å². The first-order valence-corrected chi connectivity index (χ1v) is 6.01. The van der Waals surface area contributed by atoms with E-state index in [0.717, 1.165) is 6.07 Å². The van der Waals surface area contributed by atoms with Crippen LogP contribution >= 0.6 is 0 Å². The highest BCUT2D eigenvalue weighted by atomic mass is 16.6. The molecular formula is C14H11N3O4. The summed E-state index contributed by atoms with van der Waals surface area (Å²) < 4.78 is 5.39. The Balaban J connectivity index is 2.38. The van der Waals surface area contributed by atoms with Gasteiger partial charge in [-0.1, -0.05) is 0 Å². The zero-order valence-electron chi connectivity index (χ0n) is 11.1. The third-order valence-corrected chi connectivity index (χ3v) is 2.74. The predicted molar refractivity (Wildman–Crippen MR) is 72.8 cm³/mol. The van der Waals surface area contributed by atoms with E-state index in [1.54, 1.807) is 13.0 Å². The minimum absolute atomic E-state index is 0.0192. The van der Waals surface area contributed by atoms with E-state index in [1.165, 1.54) is 24.4 Å². The van der Waals surface area contributed by atoms with Gasteiger partial charge in [0.15, 0.2) is 0 Å². The van der Waals surface area contributed by atoms with Gasteiger partial charge in [-0.15, -0.1) is 0 Å². The second-order valence-electron chi connectivity index (χ2n) is 4.26. The number of nitriles is 1. The topological polar surface area (TPSA) is 109 Å². The molecule has 2 rings (SSSR count). The van der Waals surface area contributed by atoms with Gasteiger partial charge < -0.3 is 9.84 Å². The summed E-state index contributed by atoms with van der Waals surface area (Å²) in [5.41, 5.74) is 0.425. The number of aliphatic hydroxyl groups is 1. The van der Waals surface area contributed by atoms with Gasteiger partial charge in [-0.2, -0.15) is 5.26 Å². The zero-order chi connectivity index (χ0) is 15.4. The molecule has 21 heavy (non-hydrogen) atoms. The normalized spacial score (nSPS) is 11.5. The first-order valence-electron chi connectivity index (χ1n) is 6.01. The lowest BCUT2D eigenvalue weighted by Crippen LogP contribution is -1.97. The minimum atomic E-state index is -0.702. The number of nitrogens with zero attached hydrogens (tertiary/aromatic N) is 3. The number of aliphatic hydroxyl groups excluding tert-OH is 1. The molecule has 0 spiro atoms. The van der Waals surface area contributed by atoms with Crippen molar-refractivity contribution < 1.29 is 14.8 Å². The maximum absolute atomic E-state index is 11.0. The Kier molecular flexibility index (Phi) is 4.11. The van der Waals surface area contributed by atoms with Crippen LogP contribution in [0, 0.1) is 21.4 Å².